The monoisotopic (exact) mass is 295 g/mol. The summed E-state index contributed by atoms with van der Waals surface area (Å²) in [5.41, 5.74) is 3.90. The van der Waals surface area contributed by atoms with Gasteiger partial charge in [-0.2, -0.15) is 0 Å². The van der Waals surface area contributed by atoms with E-state index in [9.17, 15) is 0 Å². The van der Waals surface area contributed by atoms with Gasteiger partial charge < -0.3 is 4.74 Å². The van der Waals surface area contributed by atoms with E-state index in [1.165, 1.54) is 12.0 Å². The Morgan fingerprint density at radius 2 is 1.82 bits per heavy atom. The minimum atomic E-state index is 0.206. The second-order valence-corrected chi connectivity index (χ2v) is 7.90. The molecule has 0 aliphatic heterocycles. The summed E-state index contributed by atoms with van der Waals surface area (Å²) in [6.45, 7) is 9.32. The number of para-hydroxylation sites is 1. The minimum absolute atomic E-state index is 0.206. The summed E-state index contributed by atoms with van der Waals surface area (Å²) >= 11 is 0. The van der Waals surface area contributed by atoms with Crippen molar-refractivity contribution < 1.29 is 4.74 Å². The molecule has 0 N–H and O–H groups in total. The van der Waals surface area contributed by atoms with Gasteiger partial charge in [0.15, 0.2) is 0 Å². The Morgan fingerprint density at radius 3 is 2.50 bits per heavy atom. The van der Waals surface area contributed by atoms with Gasteiger partial charge in [0.2, 0.25) is 0 Å². The molecule has 0 radical (unpaired) electrons. The van der Waals surface area contributed by atoms with Crippen LogP contribution in [0.4, 0.5) is 0 Å². The molecule has 2 nitrogen and oxygen atoms in total. The fourth-order valence-corrected chi connectivity index (χ4v) is 4.03. The molecule has 0 amide bonds. The highest BCUT2D eigenvalue weighted by Gasteiger charge is 2.34. The highest BCUT2D eigenvalue weighted by Crippen LogP contribution is 2.47. The van der Waals surface area contributed by atoms with Crippen molar-refractivity contribution in [3.05, 3.63) is 42.1 Å². The third-order valence-electron chi connectivity index (χ3n) is 4.40. The topological polar surface area (TPSA) is 22.1 Å². The van der Waals surface area contributed by atoms with E-state index in [2.05, 4.69) is 52.0 Å². The van der Waals surface area contributed by atoms with Crippen molar-refractivity contribution in [2.75, 3.05) is 7.11 Å². The van der Waals surface area contributed by atoms with Gasteiger partial charge in [0.25, 0.3) is 0 Å². The summed E-state index contributed by atoms with van der Waals surface area (Å²) in [6.07, 6.45) is 4.66. The van der Waals surface area contributed by atoms with Crippen LogP contribution in [0.3, 0.4) is 0 Å². The van der Waals surface area contributed by atoms with Gasteiger partial charge in [-0.15, -0.1) is 0 Å². The molecule has 22 heavy (non-hydrogen) atoms. The maximum atomic E-state index is 5.60. The van der Waals surface area contributed by atoms with E-state index in [1.807, 2.05) is 12.1 Å². The molecular weight excluding hydrogens is 270 g/mol. The number of methoxy groups -OCH3 is 1. The van der Waals surface area contributed by atoms with E-state index in [-0.39, 0.29) is 5.41 Å². The fourth-order valence-electron chi connectivity index (χ4n) is 4.03. The van der Waals surface area contributed by atoms with E-state index in [0.717, 1.165) is 28.8 Å². The number of rotatable bonds is 2. The number of nitrogens with zero attached hydrogens (tertiary/aromatic N) is 1. The second kappa shape index (κ2) is 5.12. The first-order valence-corrected chi connectivity index (χ1v) is 7.96. The summed E-state index contributed by atoms with van der Waals surface area (Å²) < 4.78 is 5.60. The molecule has 1 aliphatic rings. The molecule has 0 bridgehead atoms. The SMILES string of the molecule is COc1cc(C2=CC(C)(C)CC(C)(C)C2)nc2ccccc12. The lowest BCUT2D eigenvalue weighted by Gasteiger charge is -2.39. The summed E-state index contributed by atoms with van der Waals surface area (Å²) in [6, 6.07) is 10.3. The summed E-state index contributed by atoms with van der Waals surface area (Å²) in [5.74, 6) is 0.905. The average Bonchev–Trinajstić information content (AvgIpc) is 2.42. The fraction of sp³-hybridized carbons (Fsp3) is 0.450. The zero-order valence-corrected chi connectivity index (χ0v) is 14.2. The molecular formula is C20H25NO. The Kier molecular flexibility index (Phi) is 3.51. The van der Waals surface area contributed by atoms with Gasteiger partial charge in [0.05, 0.1) is 18.3 Å². The molecule has 2 heteroatoms. The highest BCUT2D eigenvalue weighted by molar-refractivity contribution is 5.87. The Morgan fingerprint density at radius 1 is 1.09 bits per heavy atom. The second-order valence-electron chi connectivity index (χ2n) is 7.90. The molecule has 1 aliphatic carbocycles. The number of aromatic nitrogens is 1. The number of hydrogen-bond acceptors (Lipinski definition) is 2. The standard InChI is InChI=1S/C20H25NO/c1-19(2)11-14(12-20(3,4)13-19)17-10-18(22-5)15-8-6-7-9-16(15)21-17/h6-11H,12-13H2,1-5H3. The van der Waals surface area contributed by atoms with Gasteiger partial charge in [0.1, 0.15) is 5.75 Å². The van der Waals surface area contributed by atoms with Crippen LogP contribution >= 0.6 is 0 Å². The number of pyridine rings is 1. The van der Waals surface area contributed by atoms with Crippen molar-refractivity contribution in [1.29, 1.82) is 0 Å². The van der Waals surface area contributed by atoms with Crippen molar-refractivity contribution in [3.63, 3.8) is 0 Å². The highest BCUT2D eigenvalue weighted by atomic mass is 16.5. The molecule has 116 valence electrons. The maximum absolute atomic E-state index is 5.60. The smallest absolute Gasteiger partial charge is 0.130 e. The first-order chi connectivity index (χ1) is 10.3. The van der Waals surface area contributed by atoms with Gasteiger partial charge in [-0.3, -0.25) is 0 Å². The number of allylic oxidation sites excluding steroid dienone is 2. The molecule has 0 saturated heterocycles. The minimum Gasteiger partial charge on any atom is -0.496 e. The maximum Gasteiger partial charge on any atom is 0.130 e. The third kappa shape index (κ3) is 2.87. The lowest BCUT2D eigenvalue weighted by molar-refractivity contribution is 0.228. The van der Waals surface area contributed by atoms with Gasteiger partial charge in [-0.25, -0.2) is 4.98 Å². The van der Waals surface area contributed by atoms with Crippen LogP contribution in [0, 0.1) is 10.8 Å². The Bertz CT molecular complexity index is 740. The molecule has 3 rings (SSSR count). The quantitative estimate of drug-likeness (QED) is 0.732. The first kappa shape index (κ1) is 15.1. The summed E-state index contributed by atoms with van der Waals surface area (Å²) in [7, 11) is 1.73. The molecule has 1 heterocycles. The van der Waals surface area contributed by atoms with Crippen molar-refractivity contribution in [3.8, 4) is 5.75 Å². The van der Waals surface area contributed by atoms with E-state index < -0.39 is 0 Å². The van der Waals surface area contributed by atoms with Gasteiger partial charge in [0, 0.05) is 11.5 Å². The van der Waals surface area contributed by atoms with Crippen LogP contribution in [0.2, 0.25) is 0 Å². The number of hydrogen-bond donors (Lipinski definition) is 0. The average molecular weight is 295 g/mol. The Hall–Kier alpha value is -1.83. The lowest BCUT2D eigenvalue weighted by Crippen LogP contribution is -2.27. The number of ether oxygens (including phenoxy) is 1. The van der Waals surface area contributed by atoms with E-state index in [1.54, 1.807) is 7.11 Å². The molecule has 1 aromatic heterocycles. The van der Waals surface area contributed by atoms with Crippen molar-refractivity contribution in [1.82, 2.24) is 4.98 Å². The summed E-state index contributed by atoms with van der Waals surface area (Å²) in [5, 5.41) is 1.07. The van der Waals surface area contributed by atoms with E-state index in [4.69, 9.17) is 9.72 Å². The van der Waals surface area contributed by atoms with Crippen LogP contribution in [0.5, 0.6) is 5.75 Å². The van der Waals surface area contributed by atoms with Crippen LogP contribution in [-0.4, -0.2) is 12.1 Å². The van der Waals surface area contributed by atoms with Crippen molar-refractivity contribution in [2.45, 2.75) is 40.5 Å². The van der Waals surface area contributed by atoms with Gasteiger partial charge >= 0.3 is 0 Å². The molecule has 1 aromatic carbocycles. The van der Waals surface area contributed by atoms with Crippen LogP contribution in [0.25, 0.3) is 16.5 Å². The van der Waals surface area contributed by atoms with Crippen LogP contribution in [0.1, 0.15) is 46.2 Å². The Labute approximate surface area is 133 Å². The van der Waals surface area contributed by atoms with Crippen molar-refractivity contribution in [2.24, 2.45) is 10.8 Å². The molecule has 0 saturated carbocycles. The van der Waals surface area contributed by atoms with Crippen molar-refractivity contribution >= 4 is 16.5 Å². The van der Waals surface area contributed by atoms with Crippen LogP contribution < -0.4 is 4.74 Å². The predicted octanol–water partition coefficient (Wildman–Crippen LogP) is 5.47. The van der Waals surface area contributed by atoms with Gasteiger partial charge in [-0.05, 0) is 41.4 Å². The van der Waals surface area contributed by atoms with Crippen LogP contribution in [0.15, 0.2) is 36.4 Å². The molecule has 0 unspecified atom stereocenters. The zero-order chi connectivity index (χ0) is 16.0. The van der Waals surface area contributed by atoms with Crippen LogP contribution in [-0.2, 0) is 0 Å². The van der Waals surface area contributed by atoms with E-state index in [0.29, 0.717) is 5.41 Å². The largest absolute Gasteiger partial charge is 0.496 e. The molecule has 2 aromatic rings. The summed E-state index contributed by atoms with van der Waals surface area (Å²) in [4.78, 5) is 4.89. The first-order valence-electron chi connectivity index (χ1n) is 7.96. The Balaban J connectivity index is 2.16. The molecule has 0 atom stereocenters. The van der Waals surface area contributed by atoms with E-state index >= 15 is 0 Å². The predicted molar refractivity (Wildman–Crippen MR) is 93.1 cm³/mol. The molecule has 0 spiro atoms. The lowest BCUT2D eigenvalue weighted by atomic mass is 9.66. The van der Waals surface area contributed by atoms with Gasteiger partial charge in [-0.1, -0.05) is 45.9 Å². The normalized spacial score (nSPS) is 19.8. The third-order valence-corrected chi connectivity index (χ3v) is 4.40. The number of benzene rings is 1. The zero-order valence-electron chi connectivity index (χ0n) is 14.2. The number of fused-ring (bicyclic) bond motifs is 1. The molecule has 0 fully saturated rings.